The van der Waals surface area contributed by atoms with Gasteiger partial charge in [-0.2, -0.15) is 4.98 Å². The van der Waals surface area contributed by atoms with E-state index in [-0.39, 0.29) is 0 Å². The molecule has 1 N–H and O–H groups in total. The lowest BCUT2D eigenvalue weighted by atomic mass is 10.2. The number of carbonyl (C=O) groups is 1. The number of carboxylic acids is 1. The first-order valence-electron chi connectivity index (χ1n) is 5.14. The molecule has 0 saturated carbocycles. The van der Waals surface area contributed by atoms with Gasteiger partial charge in [-0.15, -0.1) is 11.8 Å². The largest absolute Gasteiger partial charge is 0.480 e. The van der Waals surface area contributed by atoms with E-state index in [9.17, 15) is 4.79 Å². The van der Waals surface area contributed by atoms with Crippen LogP contribution in [0.2, 0.25) is 0 Å². The standard InChI is InChI=1S/C10H16N2O3S/c1-4-5-7-11-8(15-12-7)6-16-10(2,3)9(13)14/h4-6H2,1-3H3,(H,13,14). The molecule has 1 rings (SSSR count). The van der Waals surface area contributed by atoms with Gasteiger partial charge in [0.05, 0.1) is 5.75 Å². The molecule has 0 saturated heterocycles. The van der Waals surface area contributed by atoms with Gasteiger partial charge in [0.15, 0.2) is 5.82 Å². The third-order valence-electron chi connectivity index (χ3n) is 2.06. The molecule has 16 heavy (non-hydrogen) atoms. The van der Waals surface area contributed by atoms with Crippen LogP contribution in [0.1, 0.15) is 38.9 Å². The Hall–Kier alpha value is -1.04. The summed E-state index contributed by atoms with van der Waals surface area (Å²) in [5.41, 5.74) is 0. The minimum atomic E-state index is -0.842. The molecule has 5 nitrogen and oxygen atoms in total. The van der Waals surface area contributed by atoms with Gasteiger partial charge < -0.3 is 9.63 Å². The number of hydrogen-bond acceptors (Lipinski definition) is 5. The second-order valence-corrected chi connectivity index (χ2v) is 5.56. The first-order valence-corrected chi connectivity index (χ1v) is 6.13. The van der Waals surface area contributed by atoms with Crippen LogP contribution < -0.4 is 0 Å². The number of hydrogen-bond donors (Lipinski definition) is 1. The van der Waals surface area contributed by atoms with E-state index in [0.29, 0.717) is 17.5 Å². The van der Waals surface area contributed by atoms with Gasteiger partial charge in [-0.25, -0.2) is 0 Å². The van der Waals surface area contributed by atoms with E-state index in [4.69, 9.17) is 9.63 Å². The quantitative estimate of drug-likeness (QED) is 0.826. The summed E-state index contributed by atoms with van der Waals surface area (Å²) in [6.45, 7) is 5.35. The van der Waals surface area contributed by atoms with E-state index in [1.54, 1.807) is 13.8 Å². The summed E-state index contributed by atoms with van der Waals surface area (Å²) in [5, 5.41) is 12.7. The molecule has 0 spiro atoms. The average molecular weight is 244 g/mol. The predicted molar refractivity (Wildman–Crippen MR) is 61.3 cm³/mol. The number of aryl methyl sites for hydroxylation is 1. The minimum Gasteiger partial charge on any atom is -0.480 e. The summed E-state index contributed by atoms with van der Waals surface area (Å²) in [7, 11) is 0. The molecule has 0 aliphatic heterocycles. The fourth-order valence-electron chi connectivity index (χ4n) is 0.978. The van der Waals surface area contributed by atoms with E-state index in [1.165, 1.54) is 11.8 Å². The molecule has 0 bridgehead atoms. The summed E-state index contributed by atoms with van der Waals surface area (Å²) < 4.78 is 4.18. The van der Waals surface area contributed by atoms with Crippen molar-refractivity contribution in [1.82, 2.24) is 10.1 Å². The Morgan fingerprint density at radius 2 is 2.25 bits per heavy atom. The van der Waals surface area contributed by atoms with Crippen LogP contribution in [0, 0.1) is 0 Å². The Morgan fingerprint density at radius 3 is 2.81 bits per heavy atom. The number of thioether (sulfide) groups is 1. The Labute approximate surface area is 98.6 Å². The molecule has 1 aromatic heterocycles. The van der Waals surface area contributed by atoms with Gasteiger partial charge in [0.1, 0.15) is 4.75 Å². The van der Waals surface area contributed by atoms with Crippen LogP contribution in [0.4, 0.5) is 0 Å². The zero-order valence-electron chi connectivity index (χ0n) is 9.69. The van der Waals surface area contributed by atoms with Crippen molar-refractivity contribution >= 4 is 17.7 Å². The van der Waals surface area contributed by atoms with Gasteiger partial charge in [0.25, 0.3) is 0 Å². The van der Waals surface area contributed by atoms with Crippen LogP contribution >= 0.6 is 11.8 Å². The van der Waals surface area contributed by atoms with E-state index < -0.39 is 10.7 Å². The smallest absolute Gasteiger partial charge is 0.319 e. The Kier molecular flexibility index (Phi) is 4.35. The van der Waals surface area contributed by atoms with Crippen LogP contribution in [0.15, 0.2) is 4.52 Å². The van der Waals surface area contributed by atoms with Gasteiger partial charge in [0.2, 0.25) is 5.89 Å². The topological polar surface area (TPSA) is 76.2 Å². The number of carboxylic acid groups (broad SMARTS) is 1. The Morgan fingerprint density at radius 1 is 1.56 bits per heavy atom. The first-order chi connectivity index (χ1) is 7.45. The maximum absolute atomic E-state index is 10.9. The second-order valence-electron chi connectivity index (χ2n) is 3.96. The van der Waals surface area contributed by atoms with Crippen molar-refractivity contribution in [3.63, 3.8) is 0 Å². The van der Waals surface area contributed by atoms with Crippen molar-refractivity contribution in [3.05, 3.63) is 11.7 Å². The molecule has 0 aliphatic rings. The normalized spacial score (nSPS) is 11.7. The molecule has 90 valence electrons. The van der Waals surface area contributed by atoms with Crippen LogP contribution in [0.5, 0.6) is 0 Å². The molecular formula is C10H16N2O3S. The summed E-state index contributed by atoms with van der Waals surface area (Å²) in [6.07, 6.45) is 1.75. The van der Waals surface area contributed by atoms with Gasteiger partial charge in [-0.3, -0.25) is 4.79 Å². The lowest BCUT2D eigenvalue weighted by Crippen LogP contribution is -2.27. The SMILES string of the molecule is CCCc1noc(CSC(C)(C)C(=O)O)n1. The molecular weight excluding hydrogens is 228 g/mol. The van der Waals surface area contributed by atoms with Crippen molar-refractivity contribution in [3.8, 4) is 0 Å². The number of aliphatic carboxylic acids is 1. The zero-order chi connectivity index (χ0) is 12.2. The second kappa shape index (κ2) is 5.34. The highest BCUT2D eigenvalue weighted by Crippen LogP contribution is 2.27. The number of aromatic nitrogens is 2. The molecule has 0 aromatic carbocycles. The highest BCUT2D eigenvalue weighted by molar-refractivity contribution is 8.00. The summed E-state index contributed by atoms with van der Waals surface area (Å²) in [6, 6.07) is 0. The first kappa shape index (κ1) is 13.0. The van der Waals surface area contributed by atoms with E-state index >= 15 is 0 Å². The maximum atomic E-state index is 10.9. The third-order valence-corrected chi connectivity index (χ3v) is 3.34. The Balaban J connectivity index is 2.51. The van der Waals surface area contributed by atoms with E-state index in [1.807, 2.05) is 6.92 Å². The van der Waals surface area contributed by atoms with Crippen LogP contribution in [-0.2, 0) is 17.0 Å². The monoisotopic (exact) mass is 244 g/mol. The molecule has 0 fully saturated rings. The third kappa shape index (κ3) is 3.52. The van der Waals surface area contributed by atoms with Crippen molar-refractivity contribution in [2.45, 2.75) is 44.1 Å². The van der Waals surface area contributed by atoms with Crippen molar-refractivity contribution < 1.29 is 14.4 Å². The minimum absolute atomic E-state index is 0.427. The van der Waals surface area contributed by atoms with Gasteiger partial charge in [-0.1, -0.05) is 12.1 Å². The molecule has 1 heterocycles. The van der Waals surface area contributed by atoms with Gasteiger partial charge in [-0.05, 0) is 20.3 Å². The molecule has 1 aromatic rings. The van der Waals surface area contributed by atoms with Crippen molar-refractivity contribution in [2.24, 2.45) is 0 Å². The predicted octanol–water partition coefficient (Wildman–Crippen LogP) is 2.12. The number of rotatable bonds is 6. The van der Waals surface area contributed by atoms with Gasteiger partial charge in [0, 0.05) is 6.42 Å². The summed E-state index contributed by atoms with van der Waals surface area (Å²) in [4.78, 5) is 15.0. The molecule has 6 heteroatoms. The fourth-order valence-corrected chi connectivity index (χ4v) is 1.70. The lowest BCUT2D eigenvalue weighted by molar-refractivity contribution is -0.138. The molecule has 0 atom stereocenters. The Bertz CT molecular complexity index is 363. The molecule has 0 amide bonds. The lowest BCUT2D eigenvalue weighted by Gasteiger charge is -2.16. The molecule has 0 aliphatic carbocycles. The fraction of sp³-hybridized carbons (Fsp3) is 0.700. The summed E-state index contributed by atoms with van der Waals surface area (Å²) in [5.74, 6) is 0.760. The zero-order valence-corrected chi connectivity index (χ0v) is 10.5. The van der Waals surface area contributed by atoms with Crippen molar-refractivity contribution in [1.29, 1.82) is 0 Å². The van der Waals surface area contributed by atoms with Crippen molar-refractivity contribution in [2.75, 3.05) is 0 Å². The average Bonchev–Trinajstić information content (AvgIpc) is 2.63. The van der Waals surface area contributed by atoms with Crippen LogP contribution in [0.3, 0.4) is 0 Å². The van der Waals surface area contributed by atoms with E-state index in [0.717, 1.165) is 12.8 Å². The highest BCUT2D eigenvalue weighted by Gasteiger charge is 2.28. The molecule has 0 radical (unpaired) electrons. The maximum Gasteiger partial charge on any atom is 0.319 e. The molecule has 0 unspecified atom stereocenters. The van der Waals surface area contributed by atoms with Crippen LogP contribution in [-0.4, -0.2) is 26.0 Å². The highest BCUT2D eigenvalue weighted by atomic mass is 32.2. The summed E-state index contributed by atoms with van der Waals surface area (Å²) >= 11 is 1.28. The van der Waals surface area contributed by atoms with Gasteiger partial charge >= 0.3 is 5.97 Å². The number of nitrogens with zero attached hydrogens (tertiary/aromatic N) is 2. The van der Waals surface area contributed by atoms with E-state index in [2.05, 4.69) is 10.1 Å². The van der Waals surface area contributed by atoms with Crippen LogP contribution in [0.25, 0.3) is 0 Å².